The molecule has 7 unspecified atom stereocenters. The zero-order chi connectivity index (χ0) is 95.7. The van der Waals surface area contributed by atoms with Crippen LogP contribution in [0.3, 0.4) is 0 Å². The van der Waals surface area contributed by atoms with Gasteiger partial charge in [-0.3, -0.25) is 47.9 Å². The summed E-state index contributed by atoms with van der Waals surface area (Å²) in [5.41, 5.74) is 20.7. The van der Waals surface area contributed by atoms with E-state index in [2.05, 4.69) is 73.9 Å². The van der Waals surface area contributed by atoms with E-state index in [9.17, 15) is 81.6 Å². The number of ether oxygens (including phenoxy) is 4. The van der Waals surface area contributed by atoms with Gasteiger partial charge in [-0.15, -0.1) is 5.06 Å². The normalized spacial score (nSPS) is 15.5. The van der Waals surface area contributed by atoms with Gasteiger partial charge in [0.2, 0.25) is 12.5 Å². The highest BCUT2D eigenvalue weighted by Crippen LogP contribution is 2.47. The Morgan fingerprint density at radius 2 is 0.840 bits per heavy atom. The number of amides is 9. The van der Waals surface area contributed by atoms with Crippen molar-refractivity contribution in [3.8, 4) is 22.3 Å². The van der Waals surface area contributed by atoms with Crippen LogP contribution in [0.5, 0.6) is 0 Å². The zero-order valence-corrected chi connectivity index (χ0v) is 77.7. The lowest BCUT2D eigenvalue weighted by atomic mass is 9.98. The number of imide groups is 3. The molecule has 728 valence electrons. The average Bonchev–Trinajstić information content (AvgIpc) is 1.62. The van der Waals surface area contributed by atoms with E-state index in [4.69, 9.17) is 65.3 Å². The van der Waals surface area contributed by atoms with Crippen LogP contribution in [-0.2, 0) is 93.9 Å². The minimum absolute atomic E-state index is 0. The van der Waals surface area contributed by atoms with E-state index in [0.29, 0.717) is 116 Å². The smallest absolute Gasteiger partial charge is 0.407 e. The molecule has 131 heavy (non-hydrogen) atoms. The molecule has 2 aliphatic carbocycles. The molecular formula is C91H133N9O28P3-3. The summed E-state index contributed by atoms with van der Waals surface area (Å²) < 4.78 is 75.4. The molecule has 0 radical (unpaired) electrons. The number of benzene rings is 4. The lowest BCUT2D eigenvalue weighted by Gasteiger charge is -2.21. The molecule has 0 spiro atoms. The number of nitroso groups, excluding NO2 is 1. The van der Waals surface area contributed by atoms with Gasteiger partial charge in [-0.05, 0) is 128 Å². The van der Waals surface area contributed by atoms with Crippen LogP contribution < -0.4 is 31.5 Å². The third kappa shape index (κ3) is 45.7. The number of unbranched alkanes of at least 4 members (excludes halogenated alkanes) is 8. The molecular weight excluding hydrogens is 1760 g/mol. The highest BCUT2D eigenvalue weighted by molar-refractivity contribution is 7.53. The number of hydrogen-bond acceptors (Lipinski definition) is 29. The minimum atomic E-state index is -3.78. The summed E-state index contributed by atoms with van der Waals surface area (Å²) in [4.78, 5) is 155. The Kier molecular flexibility index (Phi) is 57.6. The van der Waals surface area contributed by atoms with Crippen molar-refractivity contribution in [2.24, 2.45) is 29.4 Å². The van der Waals surface area contributed by atoms with Crippen molar-refractivity contribution in [2.45, 2.75) is 161 Å². The largest absolute Gasteiger partial charge is 0.779 e. The Morgan fingerprint density at radius 1 is 0.489 bits per heavy atom. The van der Waals surface area contributed by atoms with Gasteiger partial charge in [0, 0.05) is 172 Å². The molecule has 40 heteroatoms. The van der Waals surface area contributed by atoms with Crippen LogP contribution >= 0.6 is 22.8 Å². The van der Waals surface area contributed by atoms with Gasteiger partial charge in [0.05, 0.1) is 33.0 Å². The van der Waals surface area contributed by atoms with Crippen LogP contribution in [0.15, 0.2) is 121 Å². The Hall–Kier alpha value is -9.44. The maximum absolute atomic E-state index is 12.3. The molecule has 9 amide bonds. The van der Waals surface area contributed by atoms with Crippen molar-refractivity contribution in [1.82, 2.24) is 30.8 Å². The van der Waals surface area contributed by atoms with Gasteiger partial charge in [-0.2, -0.15) is 0 Å². The predicted molar refractivity (Wildman–Crippen MR) is 488 cm³/mol. The van der Waals surface area contributed by atoms with Gasteiger partial charge >= 0.3 is 25.8 Å². The van der Waals surface area contributed by atoms with Crippen LogP contribution in [-0.4, -0.2) is 242 Å². The van der Waals surface area contributed by atoms with Gasteiger partial charge in [0.15, 0.2) is 0 Å². The number of nitrogens with two attached hydrogens (primary N) is 1. The third-order valence-electron chi connectivity index (χ3n) is 21.0. The summed E-state index contributed by atoms with van der Waals surface area (Å²) >= 11 is 0. The molecule has 1 saturated heterocycles. The Morgan fingerprint density at radius 3 is 1.21 bits per heavy atom. The van der Waals surface area contributed by atoms with Gasteiger partial charge in [-0.25, -0.2) is 21.0 Å². The summed E-state index contributed by atoms with van der Waals surface area (Å²) in [7, 11) is -7.37. The molecule has 0 aromatic heterocycles. The molecule has 1 fully saturated rings. The summed E-state index contributed by atoms with van der Waals surface area (Å²) in [6.45, 7) is 15.2. The van der Waals surface area contributed by atoms with Crippen molar-refractivity contribution in [1.29, 1.82) is 0 Å². The number of carbonyl (C=O) groups is 10. The maximum Gasteiger partial charge on any atom is 0.407 e. The Balaban J connectivity index is 0.000000430. The fourth-order valence-corrected chi connectivity index (χ4v) is 16.1. The molecule has 37 nitrogen and oxygen atoms in total. The van der Waals surface area contributed by atoms with Gasteiger partial charge in [-0.1, -0.05) is 143 Å². The first kappa shape index (κ1) is 116. The number of hydrogen-bond donors (Lipinski definition) is 7. The van der Waals surface area contributed by atoms with Crippen LogP contribution in [0.25, 0.3) is 32.7 Å². The summed E-state index contributed by atoms with van der Waals surface area (Å²) in [6, 6.07) is 33.1. The minimum Gasteiger partial charge on any atom is -0.779 e. The van der Waals surface area contributed by atoms with Crippen molar-refractivity contribution in [3.63, 3.8) is 0 Å². The molecule has 4 aromatic carbocycles. The number of aliphatic hydroxyl groups is 3. The number of fused-ring (bicyclic) bond motifs is 6. The number of carbonyl (C=O) groups excluding carboxylic acids is 10. The number of alkyl carbamates (subject to hydrolysis) is 2. The predicted octanol–water partition coefficient (Wildman–Crippen LogP) is 11.2. The second-order valence-electron chi connectivity index (χ2n) is 31.5. The van der Waals surface area contributed by atoms with E-state index < -0.39 is 46.7 Å². The summed E-state index contributed by atoms with van der Waals surface area (Å²) in [5.74, 6) is -2.90. The first-order valence-corrected chi connectivity index (χ1v) is 49.7. The molecule has 3 heterocycles. The third-order valence-corrected chi connectivity index (χ3v) is 23.5. The second-order valence-corrected chi connectivity index (χ2v) is 37.1. The van der Waals surface area contributed by atoms with Gasteiger partial charge < -0.3 is 113 Å². The number of methoxy groups -OCH3 is 2. The Labute approximate surface area is 768 Å². The van der Waals surface area contributed by atoms with E-state index >= 15 is 0 Å². The fraction of sp³-hybridized carbons (Fsp3) is 0.571. The fourth-order valence-electron chi connectivity index (χ4n) is 14.2. The quantitative estimate of drug-likeness (QED) is 0.00934. The van der Waals surface area contributed by atoms with Crippen LogP contribution in [0, 0.1) is 35.2 Å². The molecule has 9 rings (SSSR count). The highest BCUT2D eigenvalue weighted by atomic mass is 31.2. The van der Waals surface area contributed by atoms with Crippen LogP contribution in [0.4, 0.5) is 9.59 Å². The SMILES string of the molecule is C.COCC(CO)CCCCNC(=O)OCC1c2ccccc2-c2ccccc21.CP(=O)([O-])OCC(CO)CCCCN.CP(=O)([O-])OCC(CO)CCCCNC(=O)CCCCCN1C(=O)C=CC1=O.O=C(CCCCCN1C(=O)C=CC1=O)ON1C(=O)CCC1=O.[C-]#[N+]CCOP(C)(=O)OCC(CCCCNC(=O)OCC1c2ccccc2-c2ccccc21)COC.[N-]=O. The van der Waals surface area contributed by atoms with E-state index in [1.54, 1.807) is 14.2 Å². The number of nitrogens with zero attached hydrogens (tertiary/aromatic N) is 5. The van der Waals surface area contributed by atoms with E-state index in [-0.39, 0.29) is 151 Å². The second kappa shape index (κ2) is 65.2. The molecule has 8 N–H and O–H groups in total. The number of aliphatic hydroxyl groups excluding tert-OH is 3. The van der Waals surface area contributed by atoms with Crippen molar-refractivity contribution >= 4 is 82.3 Å². The van der Waals surface area contributed by atoms with Crippen LogP contribution in [0.2, 0.25) is 0 Å². The zero-order valence-electron chi connectivity index (χ0n) is 75.0. The van der Waals surface area contributed by atoms with E-state index in [1.165, 1.54) is 80.4 Å². The lowest BCUT2D eigenvalue weighted by molar-refractivity contribution is -0.198. The molecule has 4 aromatic rings. The molecule has 5 aliphatic rings. The maximum atomic E-state index is 12.3. The molecule has 0 saturated carbocycles. The molecule has 3 aliphatic heterocycles. The Bertz CT molecular complexity index is 4280. The topological polar surface area (TPSA) is 527 Å². The highest BCUT2D eigenvalue weighted by Gasteiger charge is 2.35. The first-order valence-electron chi connectivity index (χ1n) is 43.7. The standard InChI is InChI=1S/C27H35N2O6P.C23H29NO4.C18H31N2O7P.C14H16N2O6.C8H20NO4P.CH4.NO/c1-28-16-17-34-36(3,31)35-19-21(18-32-2)10-8-9-15-29-27(30)33-20-26-24-13-6-4-11-22(24)23-12-5-7-14-25(23)26;1-27-15-17(14-25)8-6-7-13-24-23(26)28-16-22-20-11-4-2-9-18(20)19-10-3-5-12-21(19)22;1-28(25,26)27-14-15(13-21)7-4-5-11-19-16(22)8-3-2-6-12-20-17(23)9-10-18(20)24;17-10-5-6-11(18)15(10)9-3-1-2-4-14(21)22-16-12(19)7-8-13(16)20;1-14(11,12)13-7-8(6-10)4-2-3-5-9;;1-2/h4-7,11-14,21,26H,8-10,15-20H2,2-3H3,(H,29,30);2-5,9-12,17,22,25H,6-8,13-16H2,1H3,(H,24,26);9-10,15,21H,2-8,11-14H2,1H3,(H,19,22)(H,25,26);5-6H,1-4,7-9H2;8,10H,2-7,9H2,1H3,(H,11,12);1H4;/q;;;;;;-1/p-2. The number of hydroxylamine groups is 2. The van der Waals surface area contributed by atoms with Crippen molar-refractivity contribution in [2.75, 3.05) is 153 Å². The van der Waals surface area contributed by atoms with E-state index in [1.807, 2.05) is 48.5 Å². The first-order chi connectivity index (χ1) is 62.4. The molecule has 7 atom stereocenters. The van der Waals surface area contributed by atoms with Gasteiger partial charge in [0.1, 0.15) is 35.0 Å². The van der Waals surface area contributed by atoms with Gasteiger partial charge in [0.25, 0.3) is 35.4 Å². The average molecular weight is 1890 g/mol. The summed E-state index contributed by atoms with van der Waals surface area (Å²) in [5, 5.41) is 36.4. The lowest BCUT2D eigenvalue weighted by Crippen LogP contribution is -2.32. The number of rotatable bonds is 55. The molecule has 0 bridgehead atoms. The van der Waals surface area contributed by atoms with Crippen molar-refractivity contribution in [3.05, 3.63) is 166 Å². The number of nitrogens with one attached hydrogen (secondary N) is 3. The monoisotopic (exact) mass is 1890 g/mol. The van der Waals surface area contributed by atoms with Crippen LogP contribution in [0.1, 0.15) is 183 Å². The van der Waals surface area contributed by atoms with E-state index in [0.717, 1.165) is 95.3 Å². The van der Waals surface area contributed by atoms with Crippen molar-refractivity contribution < 1.29 is 129 Å². The summed E-state index contributed by atoms with van der Waals surface area (Å²) in [6.07, 6.45) is 18.3.